The third-order valence-corrected chi connectivity index (χ3v) is 2.72. The number of H-pyrrole nitrogens is 1. The largest absolute Gasteiger partial charge is 0.457 e. The summed E-state index contributed by atoms with van der Waals surface area (Å²) < 4.78 is 4.78. The SMILES string of the molecule is CCC(=O)OCC(=O)c1[nH]c(C)c(C(C)=O)c1C. The van der Waals surface area contributed by atoms with Gasteiger partial charge in [-0.25, -0.2) is 0 Å². The molecule has 0 amide bonds. The third kappa shape index (κ3) is 2.85. The maximum absolute atomic E-state index is 11.9. The molecule has 0 spiro atoms. The number of nitrogens with one attached hydrogen (secondary N) is 1. The van der Waals surface area contributed by atoms with Crippen molar-refractivity contribution in [3.63, 3.8) is 0 Å². The van der Waals surface area contributed by atoms with Crippen LogP contribution in [0, 0.1) is 13.8 Å². The van der Waals surface area contributed by atoms with E-state index in [1.165, 1.54) is 6.92 Å². The van der Waals surface area contributed by atoms with Crippen LogP contribution in [0.5, 0.6) is 0 Å². The first kappa shape index (κ1) is 14.2. The van der Waals surface area contributed by atoms with E-state index in [1.54, 1.807) is 20.8 Å². The Morgan fingerprint density at radius 3 is 2.28 bits per heavy atom. The highest BCUT2D eigenvalue weighted by atomic mass is 16.5. The molecule has 0 saturated heterocycles. The minimum atomic E-state index is -0.420. The Balaban J connectivity index is 2.91. The second kappa shape index (κ2) is 5.62. The summed E-state index contributed by atoms with van der Waals surface area (Å²) in [4.78, 5) is 37.1. The van der Waals surface area contributed by atoms with Crippen LogP contribution in [0.1, 0.15) is 52.4 Å². The molecule has 1 aromatic rings. The lowest BCUT2D eigenvalue weighted by Crippen LogP contribution is -2.14. The number of ether oxygens (including phenoxy) is 1. The zero-order valence-electron chi connectivity index (χ0n) is 11.0. The van der Waals surface area contributed by atoms with Gasteiger partial charge in [0.15, 0.2) is 12.4 Å². The van der Waals surface area contributed by atoms with Gasteiger partial charge in [0.05, 0.1) is 5.69 Å². The predicted molar refractivity (Wildman–Crippen MR) is 65.9 cm³/mol. The summed E-state index contributed by atoms with van der Waals surface area (Å²) in [5.74, 6) is -0.841. The second-order valence-corrected chi connectivity index (χ2v) is 4.12. The van der Waals surface area contributed by atoms with Crippen molar-refractivity contribution < 1.29 is 19.1 Å². The normalized spacial score (nSPS) is 10.2. The van der Waals surface area contributed by atoms with Crippen LogP contribution in [0.2, 0.25) is 0 Å². The van der Waals surface area contributed by atoms with E-state index in [-0.39, 0.29) is 24.6 Å². The average molecular weight is 251 g/mol. The second-order valence-electron chi connectivity index (χ2n) is 4.12. The molecule has 1 heterocycles. The molecule has 0 bridgehead atoms. The smallest absolute Gasteiger partial charge is 0.305 e. The summed E-state index contributed by atoms with van der Waals surface area (Å²) in [6.45, 7) is 6.25. The number of esters is 1. The molecule has 0 aliphatic heterocycles. The van der Waals surface area contributed by atoms with Crippen LogP contribution >= 0.6 is 0 Å². The Morgan fingerprint density at radius 1 is 1.22 bits per heavy atom. The first-order valence-electron chi connectivity index (χ1n) is 5.77. The van der Waals surface area contributed by atoms with Crippen molar-refractivity contribution in [1.82, 2.24) is 4.98 Å². The van der Waals surface area contributed by atoms with Crippen LogP contribution in [0.25, 0.3) is 0 Å². The number of rotatable bonds is 5. The van der Waals surface area contributed by atoms with Gasteiger partial charge in [0.2, 0.25) is 5.78 Å². The van der Waals surface area contributed by atoms with Crippen molar-refractivity contribution in [1.29, 1.82) is 0 Å². The molecule has 0 aromatic carbocycles. The quantitative estimate of drug-likeness (QED) is 0.641. The zero-order chi connectivity index (χ0) is 13.9. The molecule has 0 fully saturated rings. The number of aromatic nitrogens is 1. The van der Waals surface area contributed by atoms with Crippen LogP contribution in [0.15, 0.2) is 0 Å². The highest BCUT2D eigenvalue weighted by molar-refractivity contribution is 6.04. The molecule has 1 aromatic heterocycles. The minimum absolute atomic E-state index is 0.0918. The Kier molecular flexibility index (Phi) is 4.42. The molecular formula is C13H17NO4. The summed E-state index contributed by atoms with van der Waals surface area (Å²) in [5.41, 5.74) is 2.13. The molecule has 0 aliphatic carbocycles. The summed E-state index contributed by atoms with van der Waals surface area (Å²) in [6.07, 6.45) is 0.231. The Hall–Kier alpha value is -1.91. The van der Waals surface area contributed by atoms with Gasteiger partial charge in [-0.05, 0) is 26.3 Å². The van der Waals surface area contributed by atoms with Crippen molar-refractivity contribution >= 4 is 17.5 Å². The number of Topliss-reactive ketones (excluding diaryl/α,β-unsaturated/α-hetero) is 2. The van der Waals surface area contributed by atoms with Crippen molar-refractivity contribution in [2.75, 3.05) is 6.61 Å². The van der Waals surface area contributed by atoms with Gasteiger partial charge in [-0.2, -0.15) is 0 Å². The predicted octanol–water partition coefficient (Wildman–Crippen LogP) is 1.97. The minimum Gasteiger partial charge on any atom is -0.457 e. The molecule has 0 radical (unpaired) electrons. The Bertz CT molecular complexity index is 499. The lowest BCUT2D eigenvalue weighted by Gasteiger charge is -2.02. The topological polar surface area (TPSA) is 76.2 Å². The number of ketones is 2. The average Bonchev–Trinajstić information content (AvgIpc) is 2.61. The number of carbonyl (C=O) groups excluding carboxylic acids is 3. The lowest BCUT2D eigenvalue weighted by molar-refractivity contribution is -0.142. The van der Waals surface area contributed by atoms with Crippen molar-refractivity contribution in [2.24, 2.45) is 0 Å². The van der Waals surface area contributed by atoms with E-state index < -0.39 is 5.97 Å². The number of hydrogen-bond donors (Lipinski definition) is 1. The highest BCUT2D eigenvalue weighted by Gasteiger charge is 2.20. The summed E-state index contributed by atoms with van der Waals surface area (Å²) in [7, 11) is 0. The zero-order valence-corrected chi connectivity index (χ0v) is 11.0. The van der Waals surface area contributed by atoms with E-state index in [2.05, 4.69) is 4.98 Å². The van der Waals surface area contributed by atoms with Crippen LogP contribution in [0.3, 0.4) is 0 Å². The number of aromatic amines is 1. The number of aryl methyl sites for hydroxylation is 1. The molecule has 0 unspecified atom stereocenters. The van der Waals surface area contributed by atoms with Gasteiger partial charge in [0, 0.05) is 17.7 Å². The van der Waals surface area contributed by atoms with E-state index >= 15 is 0 Å². The van der Waals surface area contributed by atoms with Crippen molar-refractivity contribution in [3.05, 3.63) is 22.5 Å². The van der Waals surface area contributed by atoms with E-state index in [1.807, 2.05) is 0 Å². The van der Waals surface area contributed by atoms with E-state index in [0.29, 0.717) is 22.5 Å². The maximum Gasteiger partial charge on any atom is 0.305 e. The Morgan fingerprint density at radius 2 is 1.83 bits per heavy atom. The molecule has 0 atom stereocenters. The van der Waals surface area contributed by atoms with E-state index in [0.717, 1.165) is 0 Å². The van der Waals surface area contributed by atoms with Gasteiger partial charge in [0.1, 0.15) is 0 Å². The van der Waals surface area contributed by atoms with Gasteiger partial charge in [-0.3, -0.25) is 14.4 Å². The summed E-state index contributed by atoms with van der Waals surface area (Å²) in [5, 5.41) is 0. The third-order valence-electron chi connectivity index (χ3n) is 2.72. The van der Waals surface area contributed by atoms with Gasteiger partial charge < -0.3 is 9.72 Å². The van der Waals surface area contributed by atoms with Crippen LogP contribution in [-0.4, -0.2) is 29.1 Å². The highest BCUT2D eigenvalue weighted by Crippen LogP contribution is 2.18. The molecule has 1 rings (SSSR count). The fourth-order valence-electron chi connectivity index (χ4n) is 1.88. The fraction of sp³-hybridized carbons (Fsp3) is 0.462. The summed E-state index contributed by atoms with van der Waals surface area (Å²) in [6, 6.07) is 0. The Labute approximate surface area is 106 Å². The van der Waals surface area contributed by atoms with Crippen molar-refractivity contribution in [2.45, 2.75) is 34.1 Å². The first-order chi connectivity index (χ1) is 8.38. The van der Waals surface area contributed by atoms with Gasteiger partial charge in [-0.15, -0.1) is 0 Å². The van der Waals surface area contributed by atoms with Crippen LogP contribution < -0.4 is 0 Å². The monoisotopic (exact) mass is 251 g/mol. The molecule has 18 heavy (non-hydrogen) atoms. The van der Waals surface area contributed by atoms with Crippen LogP contribution in [0.4, 0.5) is 0 Å². The van der Waals surface area contributed by atoms with Crippen molar-refractivity contribution in [3.8, 4) is 0 Å². The van der Waals surface area contributed by atoms with Crippen LogP contribution in [-0.2, 0) is 9.53 Å². The molecule has 0 saturated carbocycles. The van der Waals surface area contributed by atoms with E-state index in [4.69, 9.17) is 4.74 Å². The molecule has 0 aliphatic rings. The molecule has 1 N–H and O–H groups in total. The van der Waals surface area contributed by atoms with E-state index in [9.17, 15) is 14.4 Å². The van der Waals surface area contributed by atoms with Gasteiger partial charge >= 0.3 is 5.97 Å². The maximum atomic E-state index is 11.9. The van der Waals surface area contributed by atoms with Gasteiger partial charge in [-0.1, -0.05) is 6.92 Å². The molecule has 5 nitrogen and oxygen atoms in total. The fourth-order valence-corrected chi connectivity index (χ4v) is 1.88. The molecule has 98 valence electrons. The number of carbonyl (C=O) groups is 3. The molecular weight excluding hydrogens is 234 g/mol. The first-order valence-corrected chi connectivity index (χ1v) is 5.77. The summed E-state index contributed by atoms with van der Waals surface area (Å²) >= 11 is 0. The lowest BCUT2D eigenvalue weighted by atomic mass is 10.1. The number of hydrogen-bond acceptors (Lipinski definition) is 4. The molecule has 5 heteroatoms. The standard InChI is InChI=1S/C13H17NO4/c1-5-11(17)18-6-10(16)13-7(2)12(9(4)15)8(3)14-13/h14H,5-6H2,1-4H3. The van der Waals surface area contributed by atoms with Gasteiger partial charge in [0.25, 0.3) is 0 Å².